The molecule has 49 heavy (non-hydrogen) atoms. The Hall–Kier alpha value is -5.37. The molecular weight excluding hydrogens is 657 g/mol. The predicted molar refractivity (Wildman–Crippen MR) is 183 cm³/mol. The number of carbonyl (C=O) groups excluding carboxylic acids is 3. The van der Waals surface area contributed by atoms with Gasteiger partial charge in [0.15, 0.2) is 5.82 Å². The fraction of sp³-hybridized carbons (Fsp3) is 0.324. The number of aromatic nitrogens is 2. The number of amides is 4. The largest absolute Gasteiger partial charge is 0.497 e. The summed E-state index contributed by atoms with van der Waals surface area (Å²) in [4.78, 5) is 61.4. The number of nitrogens with one attached hydrogen (secondary N) is 2. The van der Waals surface area contributed by atoms with Crippen molar-refractivity contribution in [3.05, 3.63) is 87.7 Å². The molecule has 15 heteroatoms. The lowest BCUT2D eigenvalue weighted by Gasteiger charge is -2.39. The molecular formula is C34H35ClFN7O6. The van der Waals surface area contributed by atoms with Gasteiger partial charge in [-0.15, -0.1) is 0 Å². The molecule has 13 nitrogen and oxygen atoms in total. The zero-order valence-electron chi connectivity index (χ0n) is 27.1. The number of nitrogens with zero attached hydrogens (tertiary/aromatic N) is 5. The second-order valence-corrected chi connectivity index (χ2v) is 12.1. The van der Waals surface area contributed by atoms with Crippen LogP contribution < -0.4 is 35.6 Å². The van der Waals surface area contributed by atoms with Gasteiger partial charge in [-0.25, -0.2) is 18.8 Å². The maximum absolute atomic E-state index is 14.3. The van der Waals surface area contributed by atoms with Crippen molar-refractivity contribution in [2.75, 3.05) is 55.6 Å². The van der Waals surface area contributed by atoms with Gasteiger partial charge in [-0.3, -0.25) is 19.3 Å². The van der Waals surface area contributed by atoms with E-state index >= 15 is 0 Å². The van der Waals surface area contributed by atoms with Crippen molar-refractivity contribution in [3.8, 4) is 11.5 Å². The van der Waals surface area contributed by atoms with Crippen molar-refractivity contribution in [2.45, 2.75) is 31.8 Å². The van der Waals surface area contributed by atoms with Gasteiger partial charge in [0.2, 0.25) is 11.8 Å². The Labute approximate surface area is 286 Å². The average Bonchev–Trinajstić information content (AvgIpc) is 3.55. The SMILES string of the molecule is COc1ccc(N(C(=O)Nc2ccc(F)cc2)C(C)c2nc3cc(Cl)ccc3c(=O)n2N2CCN(C(=O)[C@@H]3CCC(=O)N3)CC2)c(OC)c1. The molecule has 6 rings (SSSR count). The molecule has 2 N–H and O–H groups in total. The van der Waals surface area contributed by atoms with Gasteiger partial charge in [0, 0.05) is 36.3 Å². The van der Waals surface area contributed by atoms with Crippen LogP contribution in [0.5, 0.6) is 11.5 Å². The standard InChI is InChI=1S/C34H35ClFN7O6/c1-20(42(28-12-9-24(48-2)19-29(28)49-3)34(47)37-23-7-5-22(36)6-8-23)31-39-27-18-21(35)4-10-25(27)32(45)43(31)41-16-14-40(15-17-41)33(46)26-11-13-30(44)38-26/h4-10,12,18-20,26H,11,13-17H2,1-3H3,(H,37,47)(H,38,44)/t20?,26-/m0/s1. The Kier molecular flexibility index (Phi) is 9.58. The van der Waals surface area contributed by atoms with Gasteiger partial charge in [-0.2, -0.15) is 0 Å². The first kappa shape index (κ1) is 33.5. The van der Waals surface area contributed by atoms with Gasteiger partial charge in [0.05, 0.1) is 49.9 Å². The number of urea groups is 1. The highest BCUT2D eigenvalue weighted by molar-refractivity contribution is 6.31. The van der Waals surface area contributed by atoms with E-state index in [1.54, 1.807) is 53.2 Å². The van der Waals surface area contributed by atoms with E-state index in [-0.39, 0.29) is 36.3 Å². The summed E-state index contributed by atoms with van der Waals surface area (Å²) in [5.41, 5.74) is 0.635. The molecule has 1 unspecified atom stereocenters. The smallest absolute Gasteiger partial charge is 0.327 e. The molecule has 256 valence electrons. The van der Waals surface area contributed by atoms with Gasteiger partial charge < -0.3 is 30.0 Å². The first-order valence-electron chi connectivity index (χ1n) is 15.7. The Morgan fingerprint density at radius 1 is 1.02 bits per heavy atom. The quantitative estimate of drug-likeness (QED) is 0.282. The van der Waals surface area contributed by atoms with E-state index in [2.05, 4.69) is 10.6 Å². The minimum atomic E-state index is -0.910. The Bertz CT molecular complexity index is 1970. The summed E-state index contributed by atoms with van der Waals surface area (Å²) in [6, 6.07) is 13.0. The molecule has 4 amide bonds. The number of methoxy groups -OCH3 is 2. The summed E-state index contributed by atoms with van der Waals surface area (Å²) in [5, 5.41) is 8.04. The second kappa shape index (κ2) is 14.0. The van der Waals surface area contributed by atoms with Crippen LogP contribution in [-0.2, 0) is 9.59 Å². The second-order valence-electron chi connectivity index (χ2n) is 11.7. The normalized spacial score (nSPS) is 16.7. The summed E-state index contributed by atoms with van der Waals surface area (Å²) in [6.45, 7) is 2.88. The fourth-order valence-corrected chi connectivity index (χ4v) is 6.32. The van der Waals surface area contributed by atoms with Crippen LogP contribution in [-0.4, -0.2) is 78.8 Å². The van der Waals surface area contributed by atoms with Crippen molar-refractivity contribution >= 4 is 51.7 Å². The highest BCUT2D eigenvalue weighted by Gasteiger charge is 2.35. The Balaban J connectivity index is 1.42. The number of benzene rings is 3. The van der Waals surface area contributed by atoms with Crippen molar-refractivity contribution < 1.29 is 28.2 Å². The number of piperazine rings is 1. The minimum absolute atomic E-state index is 0.147. The molecule has 2 aliphatic heterocycles. The van der Waals surface area contributed by atoms with E-state index in [4.69, 9.17) is 26.1 Å². The molecule has 2 saturated heterocycles. The monoisotopic (exact) mass is 691 g/mol. The summed E-state index contributed by atoms with van der Waals surface area (Å²) >= 11 is 6.33. The van der Waals surface area contributed by atoms with Crippen molar-refractivity contribution in [1.82, 2.24) is 19.9 Å². The van der Waals surface area contributed by atoms with E-state index < -0.39 is 23.9 Å². The van der Waals surface area contributed by atoms with Crippen LogP contribution in [0.2, 0.25) is 5.02 Å². The molecule has 2 atom stereocenters. The number of anilines is 2. The first-order chi connectivity index (χ1) is 23.6. The molecule has 2 fully saturated rings. The molecule has 0 radical (unpaired) electrons. The third-order valence-corrected chi connectivity index (χ3v) is 8.94. The number of hydrogen-bond donors (Lipinski definition) is 2. The summed E-state index contributed by atoms with van der Waals surface area (Å²) in [6.07, 6.45) is 0.755. The van der Waals surface area contributed by atoms with Gasteiger partial charge in [-0.05, 0) is 67.9 Å². The topological polar surface area (TPSA) is 138 Å². The average molecular weight is 692 g/mol. The van der Waals surface area contributed by atoms with E-state index in [1.165, 1.54) is 48.1 Å². The zero-order chi connectivity index (χ0) is 34.8. The molecule has 2 aliphatic rings. The molecule has 0 spiro atoms. The number of carbonyl (C=O) groups is 3. The maximum atomic E-state index is 14.3. The summed E-state index contributed by atoms with van der Waals surface area (Å²) in [7, 11) is 2.97. The number of rotatable bonds is 8. The number of ether oxygens (including phenoxy) is 2. The third-order valence-electron chi connectivity index (χ3n) is 8.70. The highest BCUT2D eigenvalue weighted by Crippen LogP contribution is 2.37. The molecule has 0 aliphatic carbocycles. The predicted octanol–water partition coefficient (Wildman–Crippen LogP) is 4.06. The highest BCUT2D eigenvalue weighted by atomic mass is 35.5. The zero-order valence-corrected chi connectivity index (χ0v) is 27.9. The van der Waals surface area contributed by atoms with Crippen LogP contribution in [0.4, 0.5) is 20.6 Å². The summed E-state index contributed by atoms with van der Waals surface area (Å²) in [5.74, 6) is 0.253. The Morgan fingerprint density at radius 3 is 2.41 bits per heavy atom. The van der Waals surface area contributed by atoms with Gasteiger partial charge in [0.1, 0.15) is 23.4 Å². The first-order valence-corrected chi connectivity index (χ1v) is 16.1. The molecule has 1 aromatic heterocycles. The van der Waals surface area contributed by atoms with Crippen molar-refractivity contribution in [1.29, 1.82) is 0 Å². The molecule has 0 saturated carbocycles. The van der Waals surface area contributed by atoms with E-state index in [0.717, 1.165) is 0 Å². The molecule has 3 aromatic carbocycles. The lowest BCUT2D eigenvalue weighted by molar-refractivity contribution is -0.134. The van der Waals surface area contributed by atoms with Gasteiger partial charge >= 0.3 is 6.03 Å². The van der Waals surface area contributed by atoms with Crippen LogP contribution in [0.3, 0.4) is 0 Å². The number of halogens is 2. The molecule has 0 bridgehead atoms. The van der Waals surface area contributed by atoms with Crippen LogP contribution in [0.1, 0.15) is 31.6 Å². The number of hydrogen-bond acceptors (Lipinski definition) is 8. The van der Waals surface area contributed by atoms with Crippen LogP contribution >= 0.6 is 11.6 Å². The van der Waals surface area contributed by atoms with Crippen molar-refractivity contribution in [2.24, 2.45) is 0 Å². The van der Waals surface area contributed by atoms with E-state index in [1.807, 2.05) is 0 Å². The lowest BCUT2D eigenvalue weighted by Crippen LogP contribution is -2.58. The van der Waals surface area contributed by atoms with E-state index in [9.17, 15) is 23.6 Å². The summed E-state index contributed by atoms with van der Waals surface area (Å²) < 4.78 is 26.2. The van der Waals surface area contributed by atoms with Crippen molar-refractivity contribution in [3.63, 3.8) is 0 Å². The minimum Gasteiger partial charge on any atom is -0.497 e. The molecule has 4 aromatic rings. The van der Waals surface area contributed by atoms with Gasteiger partial charge in [-0.1, -0.05) is 11.6 Å². The van der Waals surface area contributed by atoms with Crippen LogP contribution in [0, 0.1) is 5.82 Å². The van der Waals surface area contributed by atoms with Gasteiger partial charge in [0.25, 0.3) is 5.56 Å². The van der Waals surface area contributed by atoms with Crippen LogP contribution in [0.25, 0.3) is 10.9 Å². The number of fused-ring (bicyclic) bond motifs is 1. The molecule has 3 heterocycles. The Morgan fingerprint density at radius 2 is 1.76 bits per heavy atom. The maximum Gasteiger partial charge on any atom is 0.327 e. The van der Waals surface area contributed by atoms with E-state index in [0.29, 0.717) is 64.7 Å². The third kappa shape index (κ3) is 6.81. The lowest BCUT2D eigenvalue weighted by atomic mass is 10.1. The van der Waals surface area contributed by atoms with Crippen LogP contribution in [0.15, 0.2) is 65.5 Å². The fourth-order valence-electron chi connectivity index (χ4n) is 6.16.